The van der Waals surface area contributed by atoms with Crippen LogP contribution in [0.1, 0.15) is 11.1 Å². The molecule has 7 heteroatoms. The van der Waals surface area contributed by atoms with Gasteiger partial charge in [0.15, 0.2) is 0 Å². The number of H-pyrrole nitrogens is 1. The number of nitrogens with zero attached hydrogens (tertiary/aromatic N) is 2. The van der Waals surface area contributed by atoms with E-state index in [1.807, 2.05) is 24.4 Å². The van der Waals surface area contributed by atoms with Gasteiger partial charge < -0.3 is 20.5 Å². The minimum Gasteiger partial charge on any atom is -0.367 e. The van der Waals surface area contributed by atoms with Gasteiger partial charge in [0, 0.05) is 53.5 Å². The van der Waals surface area contributed by atoms with Crippen molar-refractivity contribution < 1.29 is 9.18 Å². The minimum atomic E-state index is -0.393. The van der Waals surface area contributed by atoms with E-state index in [9.17, 15) is 9.18 Å². The second-order valence-electron chi connectivity index (χ2n) is 7.28. The number of halogens is 1. The van der Waals surface area contributed by atoms with Gasteiger partial charge in [-0.1, -0.05) is 12.1 Å². The predicted octanol–water partition coefficient (Wildman–Crippen LogP) is 4.91. The molecular formula is C23H20FN5O. The standard InChI is InChI=1S/C23H20FN5O/c24-16-4-1-5-17(12-16)27-23(30)28-20-7-2-8-21-19(20)9-11-29(21)14-15-13-26-22-18(15)6-3-10-25-22/h1-8,10,12-13H,9,11,14H2,(H,25,26)(H2,27,28,30). The molecule has 0 saturated heterocycles. The van der Waals surface area contributed by atoms with Gasteiger partial charge >= 0.3 is 6.03 Å². The molecule has 0 aliphatic carbocycles. The van der Waals surface area contributed by atoms with E-state index < -0.39 is 11.8 Å². The quantitative estimate of drug-likeness (QED) is 0.455. The topological polar surface area (TPSA) is 73.1 Å². The molecule has 4 aromatic rings. The lowest BCUT2D eigenvalue weighted by molar-refractivity contribution is 0.262. The Morgan fingerprint density at radius 1 is 1.13 bits per heavy atom. The van der Waals surface area contributed by atoms with Crippen LogP contribution in [0.3, 0.4) is 0 Å². The molecule has 0 saturated carbocycles. The fourth-order valence-corrected chi connectivity index (χ4v) is 3.98. The van der Waals surface area contributed by atoms with Gasteiger partial charge in [-0.15, -0.1) is 0 Å². The molecule has 5 rings (SSSR count). The van der Waals surface area contributed by atoms with Gasteiger partial charge in [-0.05, 0) is 54.4 Å². The Morgan fingerprint density at radius 2 is 2.03 bits per heavy atom. The molecule has 1 aliphatic rings. The van der Waals surface area contributed by atoms with Crippen LogP contribution < -0.4 is 15.5 Å². The van der Waals surface area contributed by atoms with Crippen molar-refractivity contribution in [1.82, 2.24) is 9.97 Å². The summed E-state index contributed by atoms with van der Waals surface area (Å²) >= 11 is 0. The molecule has 0 atom stereocenters. The van der Waals surface area contributed by atoms with Crippen LogP contribution in [0, 0.1) is 5.82 Å². The average molecular weight is 401 g/mol. The lowest BCUT2D eigenvalue weighted by atomic mass is 10.1. The van der Waals surface area contributed by atoms with E-state index in [0.29, 0.717) is 5.69 Å². The highest BCUT2D eigenvalue weighted by Gasteiger charge is 2.23. The number of carbonyl (C=O) groups is 1. The first kappa shape index (κ1) is 18.2. The number of carbonyl (C=O) groups excluding carboxylic acids is 1. The molecule has 2 aromatic heterocycles. The van der Waals surface area contributed by atoms with Crippen molar-refractivity contribution in [3.8, 4) is 0 Å². The molecule has 3 N–H and O–H groups in total. The van der Waals surface area contributed by atoms with Gasteiger partial charge in [0.05, 0.1) is 0 Å². The third-order valence-corrected chi connectivity index (χ3v) is 5.35. The summed E-state index contributed by atoms with van der Waals surface area (Å²) in [6, 6.07) is 15.4. The van der Waals surface area contributed by atoms with Gasteiger partial charge in [-0.3, -0.25) is 0 Å². The molecule has 0 bridgehead atoms. The van der Waals surface area contributed by atoms with Crippen LogP contribution in [-0.4, -0.2) is 22.5 Å². The summed E-state index contributed by atoms with van der Waals surface area (Å²) in [7, 11) is 0. The Balaban J connectivity index is 1.34. The number of urea groups is 1. The molecule has 2 amide bonds. The number of aromatic amines is 1. The number of fused-ring (bicyclic) bond motifs is 2. The zero-order valence-corrected chi connectivity index (χ0v) is 16.2. The zero-order valence-electron chi connectivity index (χ0n) is 16.2. The van der Waals surface area contributed by atoms with Gasteiger partial charge in [-0.25, -0.2) is 14.2 Å². The van der Waals surface area contributed by atoms with E-state index in [-0.39, 0.29) is 0 Å². The minimum absolute atomic E-state index is 0.392. The molecule has 0 radical (unpaired) electrons. The maximum atomic E-state index is 13.3. The summed E-state index contributed by atoms with van der Waals surface area (Å²) in [4.78, 5) is 22.3. The highest BCUT2D eigenvalue weighted by molar-refractivity contribution is 6.00. The van der Waals surface area contributed by atoms with E-state index >= 15 is 0 Å². The fourth-order valence-electron chi connectivity index (χ4n) is 3.98. The van der Waals surface area contributed by atoms with Crippen LogP contribution in [0.5, 0.6) is 0 Å². The Kier molecular flexibility index (Phi) is 4.55. The second kappa shape index (κ2) is 7.51. The SMILES string of the molecule is O=C(Nc1cccc(F)c1)Nc1cccc2c1CCN2Cc1c[nH]c2ncccc12. The summed E-state index contributed by atoms with van der Waals surface area (Å²) in [5.74, 6) is -0.392. The number of benzene rings is 2. The van der Waals surface area contributed by atoms with Gasteiger partial charge in [0.25, 0.3) is 0 Å². The Morgan fingerprint density at radius 3 is 2.93 bits per heavy atom. The Labute approximate surface area is 172 Å². The van der Waals surface area contributed by atoms with Crippen LogP contribution >= 0.6 is 0 Å². The monoisotopic (exact) mass is 401 g/mol. The van der Waals surface area contributed by atoms with Gasteiger partial charge in [0.2, 0.25) is 0 Å². The fraction of sp³-hybridized carbons (Fsp3) is 0.130. The first-order chi connectivity index (χ1) is 14.7. The van der Waals surface area contributed by atoms with Crippen molar-refractivity contribution in [2.45, 2.75) is 13.0 Å². The number of hydrogen-bond acceptors (Lipinski definition) is 3. The number of hydrogen-bond donors (Lipinski definition) is 3. The smallest absolute Gasteiger partial charge is 0.323 e. The number of anilines is 3. The summed E-state index contributed by atoms with van der Waals surface area (Å²) in [5.41, 5.74) is 5.46. The van der Waals surface area contributed by atoms with Crippen LogP contribution in [0.4, 0.5) is 26.2 Å². The van der Waals surface area contributed by atoms with Crippen molar-refractivity contribution in [2.75, 3.05) is 22.1 Å². The first-order valence-electron chi connectivity index (χ1n) is 9.79. The van der Waals surface area contributed by atoms with Gasteiger partial charge in [0.1, 0.15) is 11.5 Å². The molecule has 0 fully saturated rings. The summed E-state index contributed by atoms with van der Waals surface area (Å²) in [6.07, 6.45) is 4.62. The van der Waals surface area contributed by atoms with E-state index in [2.05, 4.69) is 37.6 Å². The normalized spacial score (nSPS) is 12.8. The van der Waals surface area contributed by atoms with Crippen LogP contribution in [-0.2, 0) is 13.0 Å². The number of pyridine rings is 1. The molecule has 0 unspecified atom stereocenters. The highest BCUT2D eigenvalue weighted by Crippen LogP contribution is 2.35. The molecule has 1 aliphatic heterocycles. The zero-order chi connectivity index (χ0) is 20.5. The maximum absolute atomic E-state index is 13.3. The molecule has 3 heterocycles. The van der Waals surface area contributed by atoms with Crippen molar-refractivity contribution in [3.63, 3.8) is 0 Å². The Bertz CT molecular complexity index is 1240. The second-order valence-corrected chi connectivity index (χ2v) is 7.28. The number of amides is 2. The summed E-state index contributed by atoms with van der Waals surface area (Å²) < 4.78 is 13.3. The van der Waals surface area contributed by atoms with Crippen molar-refractivity contribution in [3.05, 3.63) is 83.9 Å². The molecule has 30 heavy (non-hydrogen) atoms. The summed E-state index contributed by atoms with van der Waals surface area (Å²) in [6.45, 7) is 1.63. The van der Waals surface area contributed by atoms with E-state index in [1.165, 1.54) is 17.7 Å². The lowest BCUT2D eigenvalue weighted by Crippen LogP contribution is -2.20. The number of aromatic nitrogens is 2. The first-order valence-corrected chi connectivity index (χ1v) is 9.79. The predicted molar refractivity (Wildman–Crippen MR) is 116 cm³/mol. The Hall–Kier alpha value is -3.87. The van der Waals surface area contributed by atoms with E-state index in [0.717, 1.165) is 47.5 Å². The van der Waals surface area contributed by atoms with Crippen LogP contribution in [0.15, 0.2) is 67.0 Å². The largest absolute Gasteiger partial charge is 0.367 e. The summed E-state index contributed by atoms with van der Waals surface area (Å²) in [5, 5.41) is 6.70. The van der Waals surface area contributed by atoms with E-state index in [4.69, 9.17) is 0 Å². The van der Waals surface area contributed by atoms with Crippen LogP contribution in [0.2, 0.25) is 0 Å². The maximum Gasteiger partial charge on any atom is 0.323 e. The molecular weight excluding hydrogens is 381 g/mol. The van der Waals surface area contributed by atoms with E-state index in [1.54, 1.807) is 18.3 Å². The van der Waals surface area contributed by atoms with Crippen molar-refractivity contribution in [2.24, 2.45) is 0 Å². The molecule has 0 spiro atoms. The van der Waals surface area contributed by atoms with Crippen molar-refractivity contribution in [1.29, 1.82) is 0 Å². The molecule has 2 aromatic carbocycles. The van der Waals surface area contributed by atoms with Crippen LogP contribution in [0.25, 0.3) is 11.0 Å². The van der Waals surface area contributed by atoms with Crippen molar-refractivity contribution >= 4 is 34.1 Å². The number of rotatable bonds is 4. The number of nitrogens with one attached hydrogen (secondary N) is 3. The lowest BCUT2D eigenvalue weighted by Gasteiger charge is -2.19. The van der Waals surface area contributed by atoms with Gasteiger partial charge in [-0.2, -0.15) is 0 Å². The third kappa shape index (κ3) is 3.45. The highest BCUT2D eigenvalue weighted by atomic mass is 19.1. The third-order valence-electron chi connectivity index (χ3n) is 5.35. The molecule has 6 nitrogen and oxygen atoms in total. The molecule has 150 valence electrons. The average Bonchev–Trinajstić information content (AvgIpc) is 3.34.